The number of hydrogen-bond donors (Lipinski definition) is 1. The van der Waals surface area contributed by atoms with Crippen molar-refractivity contribution in [2.24, 2.45) is 5.73 Å². The van der Waals surface area contributed by atoms with E-state index in [4.69, 9.17) is 5.73 Å². The van der Waals surface area contributed by atoms with Gasteiger partial charge in [-0.25, -0.2) is 0 Å². The highest BCUT2D eigenvalue weighted by Crippen LogP contribution is 2.26. The molecule has 0 radical (unpaired) electrons. The van der Waals surface area contributed by atoms with Crippen LogP contribution in [0.25, 0.3) is 0 Å². The van der Waals surface area contributed by atoms with E-state index in [-0.39, 0.29) is 6.04 Å². The van der Waals surface area contributed by atoms with Crippen molar-refractivity contribution in [3.05, 3.63) is 29.3 Å². The minimum Gasteiger partial charge on any atom is -0.371 e. The van der Waals surface area contributed by atoms with Crippen molar-refractivity contribution in [1.82, 2.24) is 0 Å². The summed E-state index contributed by atoms with van der Waals surface area (Å²) in [5.74, 6) is 0. The van der Waals surface area contributed by atoms with Crippen LogP contribution in [0, 0.1) is 6.92 Å². The average Bonchev–Trinajstić information content (AvgIpc) is 2.69. The van der Waals surface area contributed by atoms with Gasteiger partial charge in [0, 0.05) is 24.8 Å². The zero-order valence-electron chi connectivity index (χ0n) is 10.4. The smallest absolute Gasteiger partial charge is 0.0399 e. The van der Waals surface area contributed by atoms with Crippen molar-refractivity contribution in [2.75, 3.05) is 18.0 Å². The first kappa shape index (κ1) is 11.5. The van der Waals surface area contributed by atoms with Gasteiger partial charge in [0.25, 0.3) is 0 Å². The zero-order valence-corrected chi connectivity index (χ0v) is 10.4. The predicted molar refractivity (Wildman–Crippen MR) is 70.0 cm³/mol. The summed E-state index contributed by atoms with van der Waals surface area (Å²) >= 11 is 0. The first-order valence-corrected chi connectivity index (χ1v) is 6.27. The molecule has 1 atom stereocenters. The molecule has 16 heavy (non-hydrogen) atoms. The van der Waals surface area contributed by atoms with Gasteiger partial charge in [-0.3, -0.25) is 0 Å². The number of anilines is 1. The third-order valence-corrected chi connectivity index (χ3v) is 3.22. The van der Waals surface area contributed by atoms with Gasteiger partial charge in [-0.2, -0.15) is 0 Å². The lowest BCUT2D eigenvalue weighted by Gasteiger charge is -2.22. The Bertz CT molecular complexity index is 352. The second-order valence-corrected chi connectivity index (χ2v) is 5.01. The van der Waals surface area contributed by atoms with E-state index in [1.165, 1.54) is 42.7 Å². The van der Waals surface area contributed by atoms with Crippen molar-refractivity contribution in [3.63, 3.8) is 0 Å². The van der Waals surface area contributed by atoms with Crippen LogP contribution in [-0.2, 0) is 6.42 Å². The average molecular weight is 218 g/mol. The van der Waals surface area contributed by atoms with Gasteiger partial charge in [-0.15, -0.1) is 0 Å². The Morgan fingerprint density at radius 3 is 2.62 bits per heavy atom. The number of nitrogens with zero attached hydrogens (tertiary/aromatic N) is 1. The maximum atomic E-state index is 5.92. The molecule has 1 aromatic rings. The first-order valence-electron chi connectivity index (χ1n) is 6.27. The summed E-state index contributed by atoms with van der Waals surface area (Å²) in [4.78, 5) is 2.50. The van der Waals surface area contributed by atoms with Crippen LogP contribution in [-0.4, -0.2) is 19.1 Å². The Labute approximate surface area is 98.4 Å². The Balaban J connectivity index is 2.27. The lowest BCUT2D eigenvalue weighted by molar-refractivity contribution is 0.734. The van der Waals surface area contributed by atoms with Crippen molar-refractivity contribution < 1.29 is 0 Å². The van der Waals surface area contributed by atoms with Crippen LogP contribution in [0.1, 0.15) is 30.9 Å². The molecule has 1 aliphatic heterocycles. The van der Waals surface area contributed by atoms with Crippen molar-refractivity contribution in [2.45, 2.75) is 39.2 Å². The van der Waals surface area contributed by atoms with Crippen LogP contribution in [0.5, 0.6) is 0 Å². The minimum absolute atomic E-state index is 0.239. The molecule has 88 valence electrons. The number of aryl methyl sites for hydroxylation is 1. The molecule has 2 N–H and O–H groups in total. The molecule has 0 bridgehead atoms. The SMILES string of the molecule is Cc1ccc(N2CCCC2)c(CC(C)N)c1. The Morgan fingerprint density at radius 2 is 2.00 bits per heavy atom. The molecule has 0 spiro atoms. The van der Waals surface area contributed by atoms with Crippen LogP contribution in [0.2, 0.25) is 0 Å². The Kier molecular flexibility index (Phi) is 3.49. The standard InChI is InChI=1S/C14H22N2/c1-11-5-6-14(16-7-3-4-8-16)13(9-11)10-12(2)15/h5-6,9,12H,3-4,7-8,10,15H2,1-2H3. The van der Waals surface area contributed by atoms with Gasteiger partial charge in [-0.05, 0) is 44.7 Å². The van der Waals surface area contributed by atoms with E-state index in [9.17, 15) is 0 Å². The summed E-state index contributed by atoms with van der Waals surface area (Å²) in [7, 11) is 0. The van der Waals surface area contributed by atoms with Crippen LogP contribution < -0.4 is 10.6 Å². The number of hydrogen-bond acceptors (Lipinski definition) is 2. The topological polar surface area (TPSA) is 29.3 Å². The molecule has 1 aliphatic rings. The van der Waals surface area contributed by atoms with E-state index < -0.39 is 0 Å². The van der Waals surface area contributed by atoms with Crippen LogP contribution in [0.3, 0.4) is 0 Å². The van der Waals surface area contributed by atoms with E-state index in [1.54, 1.807) is 0 Å². The van der Waals surface area contributed by atoms with Gasteiger partial charge in [0.05, 0.1) is 0 Å². The largest absolute Gasteiger partial charge is 0.371 e. The molecule has 0 aliphatic carbocycles. The monoisotopic (exact) mass is 218 g/mol. The maximum absolute atomic E-state index is 5.92. The second kappa shape index (κ2) is 4.88. The highest BCUT2D eigenvalue weighted by molar-refractivity contribution is 5.55. The summed E-state index contributed by atoms with van der Waals surface area (Å²) < 4.78 is 0. The molecule has 1 fully saturated rings. The second-order valence-electron chi connectivity index (χ2n) is 5.01. The van der Waals surface area contributed by atoms with Gasteiger partial charge in [0.2, 0.25) is 0 Å². The summed E-state index contributed by atoms with van der Waals surface area (Å²) in [5, 5.41) is 0. The fraction of sp³-hybridized carbons (Fsp3) is 0.571. The molecular weight excluding hydrogens is 196 g/mol. The van der Waals surface area contributed by atoms with E-state index in [0.29, 0.717) is 0 Å². The van der Waals surface area contributed by atoms with E-state index in [2.05, 4.69) is 36.9 Å². The van der Waals surface area contributed by atoms with Crippen molar-refractivity contribution in [3.8, 4) is 0 Å². The number of benzene rings is 1. The van der Waals surface area contributed by atoms with Gasteiger partial charge in [0.1, 0.15) is 0 Å². The van der Waals surface area contributed by atoms with E-state index in [0.717, 1.165) is 6.42 Å². The van der Waals surface area contributed by atoms with Crippen molar-refractivity contribution in [1.29, 1.82) is 0 Å². The number of rotatable bonds is 3. The molecule has 0 saturated carbocycles. The maximum Gasteiger partial charge on any atom is 0.0399 e. The molecule has 0 aromatic heterocycles. The van der Waals surface area contributed by atoms with Gasteiger partial charge in [0.15, 0.2) is 0 Å². The van der Waals surface area contributed by atoms with Crippen molar-refractivity contribution >= 4 is 5.69 Å². The number of nitrogens with two attached hydrogens (primary N) is 1. The summed E-state index contributed by atoms with van der Waals surface area (Å²) in [6.45, 7) is 6.64. The highest BCUT2D eigenvalue weighted by Gasteiger charge is 2.16. The summed E-state index contributed by atoms with van der Waals surface area (Å²) in [6.07, 6.45) is 3.63. The van der Waals surface area contributed by atoms with Gasteiger partial charge in [-0.1, -0.05) is 17.7 Å². The molecule has 1 aromatic carbocycles. The normalized spacial score (nSPS) is 17.8. The summed E-state index contributed by atoms with van der Waals surface area (Å²) in [5.41, 5.74) is 10.1. The van der Waals surface area contributed by atoms with Crippen LogP contribution in [0.15, 0.2) is 18.2 Å². The quantitative estimate of drug-likeness (QED) is 0.844. The molecule has 1 saturated heterocycles. The van der Waals surface area contributed by atoms with Gasteiger partial charge >= 0.3 is 0 Å². The third-order valence-electron chi connectivity index (χ3n) is 3.22. The Morgan fingerprint density at radius 1 is 1.31 bits per heavy atom. The first-order chi connectivity index (χ1) is 7.66. The molecule has 2 rings (SSSR count). The molecular formula is C14H22N2. The van der Waals surface area contributed by atoms with Crippen LogP contribution >= 0.6 is 0 Å². The van der Waals surface area contributed by atoms with E-state index >= 15 is 0 Å². The fourth-order valence-electron chi connectivity index (χ4n) is 2.49. The molecule has 0 amide bonds. The summed E-state index contributed by atoms with van der Waals surface area (Å²) in [6, 6.07) is 7.00. The minimum atomic E-state index is 0.239. The third kappa shape index (κ3) is 2.56. The Hall–Kier alpha value is -1.02. The highest BCUT2D eigenvalue weighted by atomic mass is 15.1. The molecule has 2 nitrogen and oxygen atoms in total. The zero-order chi connectivity index (χ0) is 11.5. The molecule has 2 heteroatoms. The molecule has 1 unspecified atom stereocenters. The predicted octanol–water partition coefficient (Wildman–Crippen LogP) is 2.48. The van der Waals surface area contributed by atoms with E-state index in [1.807, 2.05) is 0 Å². The lowest BCUT2D eigenvalue weighted by atomic mass is 10.0. The van der Waals surface area contributed by atoms with Gasteiger partial charge < -0.3 is 10.6 Å². The lowest BCUT2D eigenvalue weighted by Crippen LogP contribution is -2.23. The fourth-order valence-corrected chi connectivity index (χ4v) is 2.49. The van der Waals surface area contributed by atoms with Crippen LogP contribution in [0.4, 0.5) is 5.69 Å². The molecule has 1 heterocycles.